The van der Waals surface area contributed by atoms with Gasteiger partial charge in [0, 0.05) is 22.1 Å². The van der Waals surface area contributed by atoms with E-state index < -0.39 is 0 Å². The van der Waals surface area contributed by atoms with Crippen LogP contribution in [0.2, 0.25) is 0 Å². The van der Waals surface area contributed by atoms with Crippen LogP contribution in [0.15, 0.2) is 108 Å². The predicted molar refractivity (Wildman–Crippen MR) is 148 cm³/mol. The second-order valence-corrected chi connectivity index (χ2v) is 10.1. The van der Waals surface area contributed by atoms with Crippen molar-refractivity contribution in [3.63, 3.8) is 0 Å². The van der Waals surface area contributed by atoms with Crippen molar-refractivity contribution in [1.82, 2.24) is 20.2 Å². The first-order chi connectivity index (χ1) is 18.0. The molecule has 6 aromatic rings. The monoisotopic (exact) mass is 482 g/mol. The average molecular weight is 483 g/mol. The van der Waals surface area contributed by atoms with E-state index in [9.17, 15) is 0 Å². The number of rotatable bonds is 4. The molecule has 0 N–H and O–H groups in total. The summed E-state index contributed by atoms with van der Waals surface area (Å²) in [5, 5.41) is 8.43. The minimum atomic E-state index is -0.129. The van der Waals surface area contributed by atoms with Crippen LogP contribution >= 0.6 is 0 Å². The molecule has 0 bridgehead atoms. The van der Waals surface area contributed by atoms with Crippen molar-refractivity contribution in [3.8, 4) is 45.3 Å². The van der Waals surface area contributed by atoms with Crippen LogP contribution in [-0.2, 0) is 5.41 Å². The Morgan fingerprint density at radius 3 is 1.51 bits per heavy atom. The smallest absolute Gasteiger partial charge is 0.248 e. The van der Waals surface area contributed by atoms with Crippen molar-refractivity contribution in [3.05, 3.63) is 109 Å². The number of nitrogens with zero attached hydrogens (tertiary/aromatic N) is 4. The zero-order valence-corrected chi connectivity index (χ0v) is 21.0. The Kier molecular flexibility index (Phi) is 5.61. The third-order valence-electron chi connectivity index (χ3n) is 6.35. The van der Waals surface area contributed by atoms with Crippen LogP contribution in [0.5, 0.6) is 0 Å². The van der Waals surface area contributed by atoms with Crippen LogP contribution in [0, 0.1) is 0 Å². The molecule has 37 heavy (non-hydrogen) atoms. The molecule has 0 spiro atoms. The molecular formula is C32H26N4O. The van der Waals surface area contributed by atoms with Gasteiger partial charge in [0.05, 0.1) is 22.4 Å². The summed E-state index contributed by atoms with van der Waals surface area (Å²) in [6, 6.07) is 34.5. The average Bonchev–Trinajstić information content (AvgIpc) is 3.43. The van der Waals surface area contributed by atoms with Gasteiger partial charge in [-0.15, -0.1) is 10.2 Å². The number of hydrogen-bond donors (Lipinski definition) is 0. The summed E-state index contributed by atoms with van der Waals surface area (Å²) >= 11 is 0. The van der Waals surface area contributed by atoms with Crippen molar-refractivity contribution in [2.45, 2.75) is 26.2 Å². The van der Waals surface area contributed by atoms with Crippen LogP contribution in [0.3, 0.4) is 0 Å². The van der Waals surface area contributed by atoms with E-state index >= 15 is 0 Å². The minimum Gasteiger partial charge on any atom is -0.416 e. The van der Waals surface area contributed by atoms with Crippen molar-refractivity contribution in [1.29, 1.82) is 0 Å². The van der Waals surface area contributed by atoms with Gasteiger partial charge in [0.25, 0.3) is 0 Å². The maximum atomic E-state index is 5.90. The summed E-state index contributed by atoms with van der Waals surface area (Å²) in [6.07, 6.45) is 0. The molecule has 0 amide bonds. The lowest BCUT2D eigenvalue weighted by molar-refractivity contribution is 0.571. The highest BCUT2D eigenvalue weighted by molar-refractivity contribution is 5.80. The molecule has 0 radical (unpaired) electrons. The van der Waals surface area contributed by atoms with E-state index in [2.05, 4.69) is 67.4 Å². The molecule has 0 saturated heterocycles. The first-order valence-electron chi connectivity index (χ1n) is 12.3. The van der Waals surface area contributed by atoms with Gasteiger partial charge in [-0.25, -0.2) is 9.97 Å². The molecule has 0 aliphatic rings. The van der Waals surface area contributed by atoms with E-state index in [-0.39, 0.29) is 5.41 Å². The first-order valence-corrected chi connectivity index (χ1v) is 12.3. The molecule has 2 heterocycles. The van der Waals surface area contributed by atoms with Gasteiger partial charge in [0.2, 0.25) is 11.8 Å². The summed E-state index contributed by atoms with van der Waals surface area (Å²) in [5.41, 5.74) is 8.71. The number of aromatic nitrogens is 4. The van der Waals surface area contributed by atoms with Gasteiger partial charge in [-0.1, -0.05) is 87.5 Å². The lowest BCUT2D eigenvalue weighted by atomic mass is 9.88. The van der Waals surface area contributed by atoms with Crippen LogP contribution in [0.25, 0.3) is 56.3 Å². The maximum absolute atomic E-state index is 5.90. The van der Waals surface area contributed by atoms with Gasteiger partial charge in [0.1, 0.15) is 0 Å². The van der Waals surface area contributed by atoms with E-state index in [0.29, 0.717) is 11.8 Å². The predicted octanol–water partition coefficient (Wildman–Crippen LogP) is 7.98. The topological polar surface area (TPSA) is 64.7 Å². The first kappa shape index (κ1) is 22.8. The van der Waals surface area contributed by atoms with E-state index in [0.717, 1.165) is 50.2 Å². The Labute approximate surface area is 215 Å². The Hall–Kier alpha value is -4.64. The second-order valence-electron chi connectivity index (χ2n) is 10.1. The van der Waals surface area contributed by atoms with Gasteiger partial charge >= 0.3 is 0 Å². The summed E-state index contributed by atoms with van der Waals surface area (Å²) in [5.74, 6) is 1.02. The maximum Gasteiger partial charge on any atom is 0.248 e. The van der Waals surface area contributed by atoms with E-state index in [1.165, 1.54) is 0 Å². The van der Waals surface area contributed by atoms with Crippen LogP contribution in [0.1, 0.15) is 26.5 Å². The fraction of sp³-hybridized carbons (Fsp3) is 0.125. The van der Waals surface area contributed by atoms with Crippen molar-refractivity contribution in [2.24, 2.45) is 0 Å². The van der Waals surface area contributed by atoms with Crippen LogP contribution in [0.4, 0.5) is 0 Å². The fourth-order valence-corrected chi connectivity index (χ4v) is 4.39. The third kappa shape index (κ3) is 4.52. The molecule has 0 saturated carbocycles. The molecular weight excluding hydrogens is 456 g/mol. The van der Waals surface area contributed by atoms with Gasteiger partial charge in [-0.3, -0.25) is 0 Å². The molecule has 0 aliphatic carbocycles. The highest BCUT2D eigenvalue weighted by Crippen LogP contribution is 2.33. The van der Waals surface area contributed by atoms with Gasteiger partial charge in [-0.05, 0) is 47.5 Å². The van der Waals surface area contributed by atoms with E-state index in [4.69, 9.17) is 14.4 Å². The summed E-state index contributed by atoms with van der Waals surface area (Å²) in [6.45, 7) is 6.53. The lowest BCUT2D eigenvalue weighted by Gasteiger charge is -2.21. The molecule has 6 rings (SSSR count). The number of benzene rings is 4. The highest BCUT2D eigenvalue weighted by Gasteiger charge is 2.23. The molecule has 4 aromatic carbocycles. The van der Waals surface area contributed by atoms with Gasteiger partial charge in [0.15, 0.2) is 0 Å². The second kappa shape index (κ2) is 9.10. The molecule has 5 heteroatoms. The quantitative estimate of drug-likeness (QED) is 0.255. The summed E-state index contributed by atoms with van der Waals surface area (Å²) < 4.78 is 5.90. The number of fused-ring (bicyclic) bond motifs is 1. The summed E-state index contributed by atoms with van der Waals surface area (Å²) in [4.78, 5) is 9.98. The number of para-hydroxylation sites is 2. The lowest BCUT2D eigenvalue weighted by Crippen LogP contribution is -2.16. The minimum absolute atomic E-state index is 0.129. The molecule has 0 unspecified atom stereocenters. The molecule has 5 nitrogen and oxygen atoms in total. The van der Waals surface area contributed by atoms with Crippen LogP contribution < -0.4 is 0 Å². The Balaban J connectivity index is 1.29. The molecule has 0 atom stereocenters. The van der Waals surface area contributed by atoms with E-state index in [1.807, 2.05) is 66.7 Å². The normalized spacial score (nSPS) is 11.6. The zero-order chi connectivity index (χ0) is 25.4. The Bertz CT molecular complexity index is 1680. The number of hydrogen-bond acceptors (Lipinski definition) is 5. The zero-order valence-electron chi connectivity index (χ0n) is 21.0. The molecule has 0 aliphatic heterocycles. The van der Waals surface area contributed by atoms with Gasteiger partial charge in [-0.2, -0.15) is 0 Å². The van der Waals surface area contributed by atoms with Crippen LogP contribution in [-0.4, -0.2) is 20.2 Å². The van der Waals surface area contributed by atoms with Crippen molar-refractivity contribution in [2.75, 3.05) is 0 Å². The third-order valence-corrected chi connectivity index (χ3v) is 6.35. The Morgan fingerprint density at radius 1 is 0.486 bits per heavy atom. The molecule has 0 fully saturated rings. The van der Waals surface area contributed by atoms with Crippen molar-refractivity contribution < 1.29 is 4.42 Å². The van der Waals surface area contributed by atoms with Crippen molar-refractivity contribution >= 4 is 11.0 Å². The molecule has 180 valence electrons. The Morgan fingerprint density at radius 2 is 0.946 bits per heavy atom. The summed E-state index contributed by atoms with van der Waals surface area (Å²) in [7, 11) is 0. The standard InChI is InChI=1S/C32H26N4O/c1-32(2,3)29-28(33-26-11-7-8-12-27(26)34-29)23-17-13-21(14-18-23)22-15-19-25(20-16-22)31-36-35-30(37-31)24-9-5-4-6-10-24/h4-20H,1-3H3. The van der Waals surface area contributed by atoms with E-state index in [1.54, 1.807) is 0 Å². The molecule has 2 aromatic heterocycles. The highest BCUT2D eigenvalue weighted by atomic mass is 16.4. The largest absolute Gasteiger partial charge is 0.416 e. The van der Waals surface area contributed by atoms with Gasteiger partial charge < -0.3 is 4.42 Å². The fourth-order valence-electron chi connectivity index (χ4n) is 4.39. The SMILES string of the molecule is CC(C)(C)c1nc2ccccc2nc1-c1ccc(-c2ccc(-c3nnc(-c4ccccc4)o3)cc2)cc1.